The molecule has 0 atom stereocenters. The number of nitrogens with zero attached hydrogens (tertiary/aromatic N) is 2. The molecule has 2 aromatic rings. The average molecular weight is 359 g/mol. The maximum Gasteiger partial charge on any atom is 0.317 e. The zero-order valence-corrected chi connectivity index (χ0v) is 14.5. The Labute approximate surface area is 147 Å². The fourth-order valence-electron chi connectivity index (χ4n) is 2.37. The molecular weight excluding hydrogens is 342 g/mol. The van der Waals surface area contributed by atoms with Gasteiger partial charge in [-0.2, -0.15) is 4.99 Å². The molecule has 1 aromatic carbocycles. The molecule has 0 fully saturated rings. The lowest BCUT2D eigenvalue weighted by atomic mass is 10.3. The van der Waals surface area contributed by atoms with Crippen LogP contribution in [-0.2, 0) is 25.6 Å². The first kappa shape index (κ1) is 17.0. The predicted molar refractivity (Wildman–Crippen MR) is 94.9 cm³/mol. The van der Waals surface area contributed by atoms with Crippen molar-refractivity contribution in [3.8, 4) is 0 Å². The second-order valence-electron chi connectivity index (χ2n) is 5.27. The summed E-state index contributed by atoms with van der Waals surface area (Å²) in [6.07, 6.45) is 3.02. The van der Waals surface area contributed by atoms with E-state index in [1.54, 1.807) is 6.08 Å². The lowest BCUT2D eigenvalue weighted by molar-refractivity contribution is -0.119. The number of carbonyl (C=O) groups excluding carboxylic acids is 2. The van der Waals surface area contributed by atoms with Crippen LogP contribution in [0.15, 0.2) is 47.9 Å². The summed E-state index contributed by atoms with van der Waals surface area (Å²) in [5, 5.41) is 2.75. The molecule has 2 amide bonds. The lowest BCUT2D eigenvalue weighted by Gasteiger charge is -2.12. The molecule has 1 aliphatic heterocycles. The number of aromatic nitrogens is 1. The van der Waals surface area contributed by atoms with E-state index in [4.69, 9.17) is 9.47 Å². The minimum atomic E-state index is -0.494. The van der Waals surface area contributed by atoms with Crippen molar-refractivity contribution >= 4 is 39.1 Å². The second-order valence-corrected chi connectivity index (χ2v) is 6.28. The van der Waals surface area contributed by atoms with Gasteiger partial charge < -0.3 is 19.4 Å². The van der Waals surface area contributed by atoms with Gasteiger partial charge in [-0.1, -0.05) is 17.4 Å². The molecule has 2 heterocycles. The number of rotatable bonds is 4. The minimum absolute atomic E-state index is 0.0906. The Morgan fingerprint density at radius 3 is 2.96 bits per heavy atom. The second kappa shape index (κ2) is 7.35. The number of allylic oxidation sites excluding steroid dienone is 1. The van der Waals surface area contributed by atoms with Crippen molar-refractivity contribution in [2.24, 2.45) is 4.99 Å². The molecule has 25 heavy (non-hydrogen) atoms. The highest BCUT2D eigenvalue weighted by Crippen LogP contribution is 2.22. The molecule has 0 saturated carbocycles. The molecule has 3 rings (SSSR count). The Morgan fingerprint density at radius 2 is 2.28 bits per heavy atom. The molecule has 0 bridgehead atoms. The topological polar surface area (TPSA) is 81.9 Å². The third-order valence-electron chi connectivity index (χ3n) is 3.37. The van der Waals surface area contributed by atoms with Gasteiger partial charge in [-0.3, -0.25) is 9.59 Å². The first-order valence-electron chi connectivity index (χ1n) is 7.64. The Kier molecular flexibility index (Phi) is 4.99. The zero-order valence-electron chi connectivity index (χ0n) is 13.7. The summed E-state index contributed by atoms with van der Waals surface area (Å²) in [4.78, 5) is 28.2. The van der Waals surface area contributed by atoms with E-state index in [1.165, 1.54) is 24.5 Å². The highest BCUT2D eigenvalue weighted by Gasteiger charge is 2.15. The Hall–Kier alpha value is -2.87. The van der Waals surface area contributed by atoms with E-state index in [0.717, 1.165) is 10.2 Å². The molecule has 7 nitrogen and oxygen atoms in total. The maximum absolute atomic E-state index is 12.3. The van der Waals surface area contributed by atoms with Crippen molar-refractivity contribution < 1.29 is 19.1 Å². The smallest absolute Gasteiger partial charge is 0.317 e. The third-order valence-corrected chi connectivity index (χ3v) is 4.41. The highest BCUT2D eigenvalue weighted by atomic mass is 32.1. The fraction of sp³-hybridized carbons (Fsp3) is 0.235. The summed E-state index contributed by atoms with van der Waals surface area (Å²) in [5.74, 6) is -0.546. The molecule has 1 N–H and O–H groups in total. The zero-order chi connectivity index (χ0) is 17.8. The normalized spacial score (nSPS) is 14.4. The van der Waals surface area contributed by atoms with Gasteiger partial charge in [0.2, 0.25) is 11.7 Å². The minimum Gasteiger partial charge on any atom is -0.494 e. The van der Waals surface area contributed by atoms with Crippen LogP contribution in [0, 0.1) is 0 Å². The van der Waals surface area contributed by atoms with Crippen molar-refractivity contribution in [1.82, 2.24) is 4.57 Å². The summed E-state index contributed by atoms with van der Waals surface area (Å²) < 4.78 is 13.2. The number of benzene rings is 1. The van der Waals surface area contributed by atoms with E-state index in [0.29, 0.717) is 30.2 Å². The van der Waals surface area contributed by atoms with Crippen molar-refractivity contribution in [3.05, 3.63) is 47.7 Å². The van der Waals surface area contributed by atoms with Crippen molar-refractivity contribution in [1.29, 1.82) is 0 Å². The predicted octanol–water partition coefficient (Wildman–Crippen LogP) is 2.16. The number of amides is 2. The number of carbonyl (C=O) groups is 2. The van der Waals surface area contributed by atoms with Gasteiger partial charge in [0.15, 0.2) is 4.80 Å². The van der Waals surface area contributed by atoms with Crippen molar-refractivity contribution in [2.75, 3.05) is 18.5 Å². The molecular formula is C17H17N3O4S. The standard InChI is InChI=1S/C17H17N3O4S/c1-3-6-20-13-5-4-12(18-11(2)21)9-15(13)25-17(20)19-16(22)14-10-23-7-8-24-14/h3-5,9-10H,1,6-8H2,2H3,(H,18,21). The van der Waals surface area contributed by atoms with Gasteiger partial charge in [0.25, 0.3) is 0 Å². The largest absolute Gasteiger partial charge is 0.494 e. The molecule has 0 aliphatic carbocycles. The molecule has 0 unspecified atom stereocenters. The summed E-state index contributed by atoms with van der Waals surface area (Å²) in [7, 11) is 0. The van der Waals surface area contributed by atoms with Gasteiger partial charge in [0.05, 0.1) is 10.2 Å². The molecule has 1 aliphatic rings. The molecule has 0 spiro atoms. The number of hydrogen-bond acceptors (Lipinski definition) is 5. The third kappa shape index (κ3) is 3.80. The number of fused-ring (bicyclic) bond motifs is 1. The quantitative estimate of drug-likeness (QED) is 0.848. The van der Waals surface area contributed by atoms with Gasteiger partial charge in [0.1, 0.15) is 19.5 Å². The number of anilines is 1. The molecule has 1 aromatic heterocycles. The van der Waals surface area contributed by atoms with Crippen LogP contribution < -0.4 is 10.1 Å². The average Bonchev–Trinajstić information content (AvgIpc) is 2.92. The van der Waals surface area contributed by atoms with E-state index in [-0.39, 0.29) is 11.7 Å². The summed E-state index contributed by atoms with van der Waals surface area (Å²) in [6, 6.07) is 5.54. The van der Waals surface area contributed by atoms with Gasteiger partial charge >= 0.3 is 5.91 Å². The summed E-state index contributed by atoms with van der Waals surface area (Å²) in [6.45, 7) is 6.45. The molecule has 130 valence electrons. The van der Waals surface area contributed by atoms with Crippen molar-refractivity contribution in [2.45, 2.75) is 13.5 Å². The van der Waals surface area contributed by atoms with E-state index in [9.17, 15) is 9.59 Å². The summed E-state index contributed by atoms with van der Waals surface area (Å²) in [5.41, 5.74) is 1.59. The maximum atomic E-state index is 12.3. The van der Waals surface area contributed by atoms with E-state index in [2.05, 4.69) is 16.9 Å². The van der Waals surface area contributed by atoms with Crippen LogP contribution in [0.2, 0.25) is 0 Å². The van der Waals surface area contributed by atoms with Crippen LogP contribution >= 0.6 is 11.3 Å². The Balaban J connectivity index is 2.06. The highest BCUT2D eigenvalue weighted by molar-refractivity contribution is 7.16. The van der Waals surface area contributed by atoms with E-state index < -0.39 is 5.91 Å². The van der Waals surface area contributed by atoms with Crippen LogP contribution in [0.25, 0.3) is 10.2 Å². The lowest BCUT2D eigenvalue weighted by Crippen LogP contribution is -2.19. The molecule has 0 radical (unpaired) electrons. The first-order valence-corrected chi connectivity index (χ1v) is 8.45. The monoisotopic (exact) mass is 359 g/mol. The molecule has 8 heteroatoms. The number of hydrogen-bond donors (Lipinski definition) is 1. The molecule has 0 saturated heterocycles. The number of nitrogens with one attached hydrogen (secondary N) is 1. The van der Waals surface area contributed by atoms with Crippen LogP contribution in [0.5, 0.6) is 0 Å². The van der Waals surface area contributed by atoms with Gasteiger partial charge in [-0.25, -0.2) is 0 Å². The van der Waals surface area contributed by atoms with Gasteiger partial charge in [0, 0.05) is 19.2 Å². The van der Waals surface area contributed by atoms with E-state index >= 15 is 0 Å². The van der Waals surface area contributed by atoms with Crippen LogP contribution in [0.3, 0.4) is 0 Å². The van der Waals surface area contributed by atoms with Gasteiger partial charge in [-0.05, 0) is 18.2 Å². The SMILES string of the molecule is C=CCn1c(=NC(=O)C2=COCCO2)sc2cc(NC(C)=O)ccc21. The van der Waals surface area contributed by atoms with Gasteiger partial charge in [-0.15, -0.1) is 6.58 Å². The first-order chi connectivity index (χ1) is 12.1. The fourth-order valence-corrected chi connectivity index (χ4v) is 3.44. The Bertz CT molecular complexity index is 939. The Morgan fingerprint density at radius 1 is 1.44 bits per heavy atom. The van der Waals surface area contributed by atoms with Crippen molar-refractivity contribution in [3.63, 3.8) is 0 Å². The number of ether oxygens (including phenoxy) is 2. The van der Waals surface area contributed by atoms with Crippen LogP contribution in [0.1, 0.15) is 6.92 Å². The van der Waals surface area contributed by atoms with Crippen LogP contribution in [-0.4, -0.2) is 29.6 Å². The number of thiazole rings is 1. The summed E-state index contributed by atoms with van der Waals surface area (Å²) >= 11 is 1.35. The van der Waals surface area contributed by atoms with E-state index in [1.807, 2.05) is 22.8 Å². The van der Waals surface area contributed by atoms with Crippen LogP contribution in [0.4, 0.5) is 5.69 Å².